The van der Waals surface area contributed by atoms with Crippen LogP contribution in [0, 0.1) is 0 Å². The number of rotatable bonds is 7. The summed E-state index contributed by atoms with van der Waals surface area (Å²) in [6.07, 6.45) is 5.68. The molecule has 1 aliphatic heterocycles. The predicted octanol–water partition coefficient (Wildman–Crippen LogP) is 5.88. The highest BCUT2D eigenvalue weighted by Gasteiger charge is 2.37. The van der Waals surface area contributed by atoms with Crippen LogP contribution in [0.1, 0.15) is 70.9 Å². The summed E-state index contributed by atoms with van der Waals surface area (Å²) in [6, 6.07) is 17.8. The van der Waals surface area contributed by atoms with Gasteiger partial charge in [0.1, 0.15) is 0 Å². The third-order valence-electron chi connectivity index (χ3n) is 5.76. The fraction of sp³-hybridized carbons (Fsp3) is 0.440. The van der Waals surface area contributed by atoms with Gasteiger partial charge >= 0.3 is 0 Å². The zero-order valence-corrected chi connectivity index (χ0v) is 17.8. The number of benzene rings is 2. The summed E-state index contributed by atoms with van der Waals surface area (Å²) in [7, 11) is 0. The van der Waals surface area contributed by atoms with Crippen LogP contribution in [0.3, 0.4) is 0 Å². The Morgan fingerprint density at radius 2 is 1.69 bits per heavy atom. The molecular weight excluding hydrogens is 360 g/mol. The Morgan fingerprint density at radius 3 is 2.38 bits per heavy atom. The number of fused-ring (bicyclic) bond motifs is 1. The van der Waals surface area contributed by atoms with Gasteiger partial charge in [-0.05, 0) is 43.5 Å². The fourth-order valence-corrected chi connectivity index (χ4v) is 4.40. The summed E-state index contributed by atoms with van der Waals surface area (Å²) in [5.74, 6) is 0.205. The maximum Gasteiger partial charge on any atom is 0.227 e. The largest absolute Gasteiger partial charge is 0.309 e. The molecule has 1 aliphatic rings. The van der Waals surface area contributed by atoms with Crippen LogP contribution in [0.2, 0.25) is 0 Å². The summed E-state index contributed by atoms with van der Waals surface area (Å²) in [6.45, 7) is 5.89. The molecule has 0 aliphatic carbocycles. The standard InChI is InChI=1S/C25H32N2O2/c1-4-5-6-10-17-25(29)26-19(2)18-24(22-15-11-12-16-23(22)26)27(20(3)28)21-13-8-7-9-14-21/h7-9,11-16,19,24H,4-6,10,17-18H2,1-3H3/t19-,24+/m1/s1. The average molecular weight is 393 g/mol. The van der Waals surface area contributed by atoms with Gasteiger partial charge in [0.2, 0.25) is 11.8 Å². The van der Waals surface area contributed by atoms with E-state index < -0.39 is 0 Å². The number of hydrogen-bond donors (Lipinski definition) is 0. The Bertz CT molecular complexity index is 834. The first-order chi connectivity index (χ1) is 14.0. The van der Waals surface area contributed by atoms with Crippen LogP contribution in [-0.2, 0) is 9.59 Å². The first kappa shape index (κ1) is 21.1. The molecule has 0 saturated carbocycles. The van der Waals surface area contributed by atoms with Crippen molar-refractivity contribution in [3.05, 3.63) is 60.2 Å². The van der Waals surface area contributed by atoms with Crippen molar-refractivity contribution in [1.82, 2.24) is 0 Å². The minimum atomic E-state index is -0.0785. The van der Waals surface area contributed by atoms with E-state index >= 15 is 0 Å². The normalized spacial score (nSPS) is 18.2. The van der Waals surface area contributed by atoms with Gasteiger partial charge < -0.3 is 9.80 Å². The van der Waals surface area contributed by atoms with E-state index in [1.807, 2.05) is 58.3 Å². The van der Waals surface area contributed by atoms with Crippen LogP contribution in [-0.4, -0.2) is 17.9 Å². The van der Waals surface area contributed by atoms with E-state index in [9.17, 15) is 9.59 Å². The minimum Gasteiger partial charge on any atom is -0.309 e. The summed E-state index contributed by atoms with van der Waals surface area (Å²) < 4.78 is 0. The SMILES string of the molecule is CCCCCCC(=O)N1c2ccccc2[C@@H](N(C(C)=O)c2ccccc2)C[C@H]1C. The molecule has 4 heteroatoms. The second-order valence-corrected chi connectivity index (χ2v) is 7.96. The summed E-state index contributed by atoms with van der Waals surface area (Å²) in [5, 5.41) is 0. The van der Waals surface area contributed by atoms with Crippen molar-refractivity contribution >= 4 is 23.2 Å². The molecule has 4 nitrogen and oxygen atoms in total. The topological polar surface area (TPSA) is 40.6 Å². The lowest BCUT2D eigenvalue weighted by molar-refractivity contribution is -0.119. The molecule has 2 amide bonds. The lowest BCUT2D eigenvalue weighted by Crippen LogP contribution is -2.47. The highest BCUT2D eigenvalue weighted by molar-refractivity contribution is 5.97. The van der Waals surface area contributed by atoms with Gasteiger partial charge in [-0.15, -0.1) is 0 Å². The van der Waals surface area contributed by atoms with Gasteiger partial charge in [0.05, 0.1) is 6.04 Å². The van der Waals surface area contributed by atoms with Gasteiger partial charge in [-0.1, -0.05) is 62.6 Å². The number of para-hydroxylation sites is 2. The van der Waals surface area contributed by atoms with Crippen molar-refractivity contribution in [2.75, 3.05) is 9.80 Å². The van der Waals surface area contributed by atoms with Gasteiger partial charge in [0.15, 0.2) is 0 Å². The van der Waals surface area contributed by atoms with Crippen LogP contribution in [0.15, 0.2) is 54.6 Å². The zero-order valence-electron chi connectivity index (χ0n) is 17.8. The molecule has 2 aromatic carbocycles. The van der Waals surface area contributed by atoms with Crippen molar-refractivity contribution in [1.29, 1.82) is 0 Å². The second-order valence-electron chi connectivity index (χ2n) is 7.96. The van der Waals surface area contributed by atoms with Crippen molar-refractivity contribution in [2.45, 2.75) is 71.4 Å². The number of nitrogens with zero attached hydrogens (tertiary/aromatic N) is 2. The van der Waals surface area contributed by atoms with Crippen molar-refractivity contribution in [3.63, 3.8) is 0 Å². The Hall–Kier alpha value is -2.62. The van der Waals surface area contributed by atoms with Gasteiger partial charge in [0.25, 0.3) is 0 Å². The average Bonchev–Trinajstić information content (AvgIpc) is 2.72. The quantitative estimate of drug-likeness (QED) is 0.552. The van der Waals surface area contributed by atoms with Crippen LogP contribution >= 0.6 is 0 Å². The first-order valence-corrected chi connectivity index (χ1v) is 10.8. The lowest BCUT2D eigenvalue weighted by Gasteiger charge is -2.43. The number of carbonyl (C=O) groups excluding carboxylic acids is 2. The van der Waals surface area contributed by atoms with E-state index in [4.69, 9.17) is 0 Å². The molecule has 0 N–H and O–H groups in total. The molecule has 0 radical (unpaired) electrons. The molecule has 0 saturated heterocycles. The molecule has 2 aromatic rings. The fourth-order valence-electron chi connectivity index (χ4n) is 4.40. The maximum absolute atomic E-state index is 13.1. The molecule has 0 spiro atoms. The van der Waals surface area contributed by atoms with Gasteiger partial charge in [-0.2, -0.15) is 0 Å². The zero-order chi connectivity index (χ0) is 20.8. The van der Waals surface area contributed by atoms with Gasteiger partial charge in [-0.25, -0.2) is 0 Å². The highest BCUT2D eigenvalue weighted by Crippen LogP contribution is 2.42. The first-order valence-electron chi connectivity index (χ1n) is 10.8. The predicted molar refractivity (Wildman–Crippen MR) is 119 cm³/mol. The second kappa shape index (κ2) is 9.73. The number of hydrogen-bond acceptors (Lipinski definition) is 2. The van der Waals surface area contributed by atoms with Crippen LogP contribution in [0.5, 0.6) is 0 Å². The van der Waals surface area contributed by atoms with E-state index in [0.717, 1.165) is 36.2 Å². The molecule has 2 atom stereocenters. The molecule has 0 fully saturated rings. The smallest absolute Gasteiger partial charge is 0.227 e. The molecule has 29 heavy (non-hydrogen) atoms. The third kappa shape index (κ3) is 4.69. The summed E-state index contributed by atoms with van der Waals surface area (Å²) in [5.41, 5.74) is 2.89. The molecule has 1 heterocycles. The lowest BCUT2D eigenvalue weighted by atomic mass is 9.89. The molecule has 3 rings (SSSR count). The molecule has 154 valence electrons. The molecule has 0 unspecified atom stereocenters. The van der Waals surface area contributed by atoms with Crippen LogP contribution < -0.4 is 9.80 Å². The third-order valence-corrected chi connectivity index (χ3v) is 5.76. The number of amides is 2. The van der Waals surface area contributed by atoms with E-state index in [0.29, 0.717) is 6.42 Å². The number of anilines is 2. The summed E-state index contributed by atoms with van der Waals surface area (Å²) in [4.78, 5) is 29.5. The van der Waals surface area contributed by atoms with Crippen molar-refractivity contribution < 1.29 is 9.59 Å². The monoisotopic (exact) mass is 392 g/mol. The van der Waals surface area contributed by atoms with Crippen LogP contribution in [0.25, 0.3) is 0 Å². The Kier molecular flexibility index (Phi) is 7.08. The van der Waals surface area contributed by atoms with Gasteiger partial charge in [0, 0.05) is 30.8 Å². The Labute approximate surface area is 174 Å². The molecular formula is C25H32N2O2. The van der Waals surface area contributed by atoms with Crippen LogP contribution in [0.4, 0.5) is 11.4 Å². The Morgan fingerprint density at radius 1 is 1.00 bits per heavy atom. The van der Waals surface area contributed by atoms with E-state index in [1.54, 1.807) is 6.92 Å². The maximum atomic E-state index is 13.1. The van der Waals surface area contributed by atoms with E-state index in [1.165, 1.54) is 12.8 Å². The van der Waals surface area contributed by atoms with Gasteiger partial charge in [-0.3, -0.25) is 9.59 Å². The van der Waals surface area contributed by atoms with E-state index in [-0.39, 0.29) is 23.9 Å². The number of unbranched alkanes of at least 4 members (excludes halogenated alkanes) is 3. The summed E-state index contributed by atoms with van der Waals surface area (Å²) >= 11 is 0. The number of carbonyl (C=O) groups is 2. The molecule has 0 aromatic heterocycles. The highest BCUT2D eigenvalue weighted by atomic mass is 16.2. The van der Waals surface area contributed by atoms with Crippen molar-refractivity contribution in [3.8, 4) is 0 Å². The molecule has 0 bridgehead atoms. The minimum absolute atomic E-state index is 0.0162. The van der Waals surface area contributed by atoms with Crippen molar-refractivity contribution in [2.24, 2.45) is 0 Å². The Balaban J connectivity index is 1.92. The van der Waals surface area contributed by atoms with E-state index in [2.05, 4.69) is 19.9 Å².